The number of amides is 1. The topological polar surface area (TPSA) is 69.3 Å². The van der Waals surface area contributed by atoms with E-state index in [9.17, 15) is 4.79 Å². The predicted octanol–water partition coefficient (Wildman–Crippen LogP) is 7.01. The molecule has 1 N–H and O–H groups in total. The molecular formula is C27H25Cl2N3O3. The van der Waals surface area contributed by atoms with E-state index >= 15 is 0 Å². The van der Waals surface area contributed by atoms with Gasteiger partial charge in [0.15, 0.2) is 5.76 Å². The Morgan fingerprint density at radius 2 is 1.94 bits per heavy atom. The van der Waals surface area contributed by atoms with Gasteiger partial charge in [-0.2, -0.15) is 5.10 Å². The summed E-state index contributed by atoms with van der Waals surface area (Å²) in [6.45, 7) is 8.17. The maximum atomic E-state index is 12.9. The molecule has 4 aromatic rings. The molecule has 0 bridgehead atoms. The molecule has 8 heteroatoms. The van der Waals surface area contributed by atoms with Gasteiger partial charge in [-0.25, -0.2) is 0 Å². The van der Waals surface area contributed by atoms with Crippen LogP contribution in [0.1, 0.15) is 38.8 Å². The number of rotatable bonds is 9. The largest absolute Gasteiger partial charge is 0.485 e. The van der Waals surface area contributed by atoms with Crippen molar-refractivity contribution < 1.29 is 13.9 Å². The van der Waals surface area contributed by atoms with Gasteiger partial charge in [0.05, 0.1) is 23.6 Å². The van der Waals surface area contributed by atoms with Crippen molar-refractivity contribution in [3.8, 4) is 5.75 Å². The van der Waals surface area contributed by atoms with Crippen LogP contribution in [0, 0.1) is 13.8 Å². The number of carbonyl (C=O) groups excluding carboxylic acids is 1. The number of halogens is 2. The minimum Gasteiger partial charge on any atom is -0.485 e. The van der Waals surface area contributed by atoms with E-state index in [1.807, 2.05) is 50.3 Å². The van der Waals surface area contributed by atoms with Crippen LogP contribution in [-0.2, 0) is 19.6 Å². The lowest BCUT2D eigenvalue weighted by Gasteiger charge is -2.09. The molecule has 0 aliphatic heterocycles. The van der Waals surface area contributed by atoms with Gasteiger partial charge in [-0.15, -0.1) is 6.58 Å². The van der Waals surface area contributed by atoms with Crippen LogP contribution in [0.2, 0.25) is 10.0 Å². The molecule has 2 aromatic heterocycles. The zero-order valence-electron chi connectivity index (χ0n) is 19.5. The zero-order valence-corrected chi connectivity index (χ0v) is 21.0. The molecule has 180 valence electrons. The first-order chi connectivity index (χ1) is 16.9. The van der Waals surface area contributed by atoms with Crippen LogP contribution in [0.25, 0.3) is 0 Å². The van der Waals surface area contributed by atoms with Crippen molar-refractivity contribution in [2.75, 3.05) is 5.32 Å². The van der Waals surface area contributed by atoms with Gasteiger partial charge in [0.25, 0.3) is 5.91 Å². The number of ether oxygens (including phenoxy) is 1. The predicted molar refractivity (Wildman–Crippen MR) is 139 cm³/mol. The van der Waals surface area contributed by atoms with E-state index in [0.717, 1.165) is 22.6 Å². The normalized spacial score (nSPS) is 10.9. The third-order valence-corrected chi connectivity index (χ3v) is 6.13. The molecule has 0 radical (unpaired) electrons. The number of aryl methyl sites for hydroxylation is 1. The maximum Gasteiger partial charge on any atom is 0.291 e. The highest BCUT2D eigenvalue weighted by molar-refractivity contribution is 6.35. The van der Waals surface area contributed by atoms with E-state index in [2.05, 4.69) is 17.0 Å². The van der Waals surface area contributed by atoms with E-state index in [0.29, 0.717) is 40.2 Å². The van der Waals surface area contributed by atoms with Crippen LogP contribution in [0.15, 0.2) is 71.7 Å². The number of para-hydroxylation sites is 1. The van der Waals surface area contributed by atoms with Gasteiger partial charge in [-0.1, -0.05) is 53.5 Å². The van der Waals surface area contributed by atoms with E-state index < -0.39 is 0 Å². The third kappa shape index (κ3) is 5.78. The average molecular weight is 510 g/mol. The summed E-state index contributed by atoms with van der Waals surface area (Å²) < 4.78 is 13.4. The van der Waals surface area contributed by atoms with E-state index in [1.54, 1.807) is 28.9 Å². The summed E-state index contributed by atoms with van der Waals surface area (Å²) in [6.07, 6.45) is 2.53. The number of benzene rings is 2. The second-order valence-electron chi connectivity index (χ2n) is 8.05. The monoisotopic (exact) mass is 509 g/mol. The second-order valence-corrected chi connectivity index (χ2v) is 8.89. The first kappa shape index (κ1) is 24.6. The molecule has 35 heavy (non-hydrogen) atoms. The number of hydrogen-bond acceptors (Lipinski definition) is 4. The fourth-order valence-electron chi connectivity index (χ4n) is 3.71. The molecule has 0 saturated carbocycles. The fourth-order valence-corrected chi connectivity index (χ4v) is 4.18. The van der Waals surface area contributed by atoms with Gasteiger partial charge in [0, 0.05) is 10.0 Å². The highest BCUT2D eigenvalue weighted by Crippen LogP contribution is 2.26. The lowest BCUT2D eigenvalue weighted by molar-refractivity contribution is 0.0992. The fraction of sp³-hybridized carbons (Fsp3) is 0.185. The van der Waals surface area contributed by atoms with E-state index in [-0.39, 0.29) is 18.3 Å². The lowest BCUT2D eigenvalue weighted by Crippen LogP contribution is -2.12. The summed E-state index contributed by atoms with van der Waals surface area (Å²) in [4.78, 5) is 12.9. The van der Waals surface area contributed by atoms with Crippen LogP contribution >= 0.6 is 23.2 Å². The molecule has 0 spiro atoms. The van der Waals surface area contributed by atoms with Crippen molar-refractivity contribution in [3.63, 3.8) is 0 Å². The van der Waals surface area contributed by atoms with Gasteiger partial charge in [0.2, 0.25) is 0 Å². The number of carbonyl (C=O) groups is 1. The summed E-state index contributed by atoms with van der Waals surface area (Å²) in [7, 11) is 0. The SMILES string of the molecule is C=CCc1ccccc1OCc1ccc(C(=O)Nc2c(C)nn(Cc3ccc(Cl)cc3Cl)c2C)o1. The summed E-state index contributed by atoms with van der Waals surface area (Å²) in [5.41, 5.74) is 4.04. The summed E-state index contributed by atoms with van der Waals surface area (Å²) in [5, 5.41) is 8.61. The minimum atomic E-state index is -0.362. The summed E-state index contributed by atoms with van der Waals surface area (Å²) in [5.74, 6) is 1.13. The van der Waals surface area contributed by atoms with E-state index in [4.69, 9.17) is 32.4 Å². The van der Waals surface area contributed by atoms with Gasteiger partial charge in [-0.05, 0) is 61.7 Å². The summed E-state index contributed by atoms with van der Waals surface area (Å²) in [6, 6.07) is 16.5. The van der Waals surface area contributed by atoms with Crippen LogP contribution in [-0.4, -0.2) is 15.7 Å². The molecule has 0 atom stereocenters. The Kier molecular flexibility index (Phi) is 7.63. The standard InChI is InChI=1S/C27H25Cl2N3O3/c1-4-7-19-8-5-6-9-24(19)34-16-22-12-13-25(35-22)27(33)30-26-17(2)31-32(18(26)3)15-20-10-11-21(28)14-23(20)29/h4-6,8-14H,1,7,15-16H2,2-3H3,(H,30,33). The quantitative estimate of drug-likeness (QED) is 0.246. The van der Waals surface area contributed by atoms with E-state index in [1.165, 1.54) is 0 Å². The molecule has 0 unspecified atom stereocenters. The Labute approximate surface area is 214 Å². The smallest absolute Gasteiger partial charge is 0.291 e. The van der Waals surface area contributed by atoms with Gasteiger partial charge in [0.1, 0.15) is 18.1 Å². The van der Waals surface area contributed by atoms with Crippen molar-refractivity contribution in [1.82, 2.24) is 9.78 Å². The van der Waals surface area contributed by atoms with Crippen molar-refractivity contribution in [2.24, 2.45) is 0 Å². The van der Waals surface area contributed by atoms with Crippen LogP contribution < -0.4 is 10.1 Å². The molecule has 0 aliphatic carbocycles. The molecule has 1 amide bonds. The molecule has 0 aliphatic rings. The van der Waals surface area contributed by atoms with Gasteiger partial charge < -0.3 is 14.5 Å². The number of allylic oxidation sites excluding steroid dienone is 1. The number of aromatic nitrogens is 2. The van der Waals surface area contributed by atoms with Crippen molar-refractivity contribution in [2.45, 2.75) is 33.4 Å². The zero-order chi connectivity index (χ0) is 24.9. The minimum absolute atomic E-state index is 0.190. The number of nitrogens with one attached hydrogen (secondary N) is 1. The molecule has 6 nitrogen and oxygen atoms in total. The van der Waals surface area contributed by atoms with Crippen molar-refractivity contribution in [1.29, 1.82) is 0 Å². The Hall–Kier alpha value is -3.48. The van der Waals surface area contributed by atoms with Gasteiger partial charge >= 0.3 is 0 Å². The van der Waals surface area contributed by atoms with Crippen molar-refractivity contribution in [3.05, 3.63) is 111 Å². The Morgan fingerprint density at radius 3 is 2.71 bits per heavy atom. The molecular weight excluding hydrogens is 485 g/mol. The van der Waals surface area contributed by atoms with Crippen LogP contribution in [0.5, 0.6) is 5.75 Å². The lowest BCUT2D eigenvalue weighted by atomic mass is 10.1. The van der Waals surface area contributed by atoms with Crippen LogP contribution in [0.3, 0.4) is 0 Å². The first-order valence-electron chi connectivity index (χ1n) is 11.0. The van der Waals surface area contributed by atoms with Gasteiger partial charge in [-0.3, -0.25) is 9.48 Å². The third-order valence-electron chi connectivity index (χ3n) is 5.55. The van der Waals surface area contributed by atoms with Crippen LogP contribution in [0.4, 0.5) is 5.69 Å². The number of furan rings is 1. The highest BCUT2D eigenvalue weighted by Gasteiger charge is 2.18. The molecule has 0 fully saturated rings. The molecule has 4 rings (SSSR count). The van der Waals surface area contributed by atoms with Crippen molar-refractivity contribution >= 4 is 34.8 Å². The Bertz CT molecular complexity index is 1370. The number of nitrogens with zero attached hydrogens (tertiary/aromatic N) is 2. The summed E-state index contributed by atoms with van der Waals surface area (Å²) >= 11 is 12.3. The Balaban J connectivity index is 1.43. The molecule has 2 heterocycles. The maximum absolute atomic E-state index is 12.9. The number of anilines is 1. The number of hydrogen-bond donors (Lipinski definition) is 1. The Morgan fingerprint density at radius 1 is 1.14 bits per heavy atom. The molecule has 0 saturated heterocycles. The second kappa shape index (κ2) is 10.8. The highest BCUT2D eigenvalue weighted by atomic mass is 35.5. The molecule has 2 aromatic carbocycles. The average Bonchev–Trinajstić information content (AvgIpc) is 3.41. The first-order valence-corrected chi connectivity index (χ1v) is 11.8.